The summed E-state index contributed by atoms with van der Waals surface area (Å²) in [6, 6.07) is 9.52. The highest BCUT2D eigenvalue weighted by molar-refractivity contribution is 7.89. The lowest BCUT2D eigenvalue weighted by atomic mass is 9.95. The van der Waals surface area contributed by atoms with Gasteiger partial charge in [0.1, 0.15) is 5.60 Å². The minimum Gasteiger partial charge on any atom is -0.393 e. The van der Waals surface area contributed by atoms with Crippen LogP contribution in [0.3, 0.4) is 0 Å². The monoisotopic (exact) mass is 358 g/mol. The Hall–Kier alpha value is -1.48. The molecule has 0 saturated heterocycles. The summed E-state index contributed by atoms with van der Waals surface area (Å²) < 4.78 is 23.4. The first-order valence-corrected chi connectivity index (χ1v) is 9.39. The molecule has 0 fully saturated rings. The number of carbonyl (C=O) groups excluding carboxylic acids is 1. The number of primary amides is 1. The van der Waals surface area contributed by atoms with Crippen LogP contribution in [-0.2, 0) is 21.2 Å². The Labute approximate surface area is 142 Å². The minimum absolute atomic E-state index is 0.0551. The number of aliphatic hydroxyl groups excluding tert-OH is 1. The molecular formula is C16H26N2O5S. The summed E-state index contributed by atoms with van der Waals surface area (Å²) in [4.78, 5) is 11.1. The van der Waals surface area contributed by atoms with Crippen molar-refractivity contribution in [2.24, 2.45) is 10.9 Å². The van der Waals surface area contributed by atoms with Crippen LogP contribution in [0.4, 0.5) is 0 Å². The second-order valence-corrected chi connectivity index (χ2v) is 8.15. The zero-order valence-electron chi connectivity index (χ0n) is 13.8. The van der Waals surface area contributed by atoms with Crippen LogP contribution in [0.25, 0.3) is 0 Å². The molecule has 7 nitrogen and oxygen atoms in total. The van der Waals surface area contributed by atoms with Gasteiger partial charge in [-0.2, -0.15) is 0 Å². The van der Waals surface area contributed by atoms with Gasteiger partial charge in [-0.05, 0) is 44.6 Å². The number of primary sulfonamides is 1. The third-order valence-corrected chi connectivity index (χ3v) is 5.45. The number of amides is 1. The molecule has 1 aromatic rings. The first-order valence-electron chi connectivity index (χ1n) is 7.78. The molecule has 1 unspecified atom stereocenters. The molecule has 0 spiro atoms. The highest BCUT2D eigenvalue weighted by Gasteiger charge is 2.32. The van der Waals surface area contributed by atoms with E-state index < -0.39 is 32.9 Å². The van der Waals surface area contributed by atoms with Gasteiger partial charge in [-0.1, -0.05) is 30.3 Å². The molecule has 1 rings (SSSR count). The van der Waals surface area contributed by atoms with Crippen molar-refractivity contribution in [3.05, 3.63) is 35.9 Å². The van der Waals surface area contributed by atoms with Crippen molar-refractivity contribution in [1.82, 2.24) is 0 Å². The molecule has 1 amide bonds. The summed E-state index contributed by atoms with van der Waals surface area (Å²) in [6.07, 6.45) is -0.111. The summed E-state index contributed by atoms with van der Waals surface area (Å²) in [5.41, 5.74) is 4.29. The number of hydrogen-bond acceptors (Lipinski definition) is 5. The van der Waals surface area contributed by atoms with Gasteiger partial charge in [-0.3, -0.25) is 4.79 Å². The van der Waals surface area contributed by atoms with E-state index in [1.165, 1.54) is 6.92 Å². The zero-order chi connectivity index (χ0) is 18.4. The number of hydrogen-bond donors (Lipinski definition) is 4. The number of aryl methyl sites for hydroxylation is 1. The molecule has 1 aromatic carbocycles. The maximum Gasteiger partial charge on any atom is 0.249 e. The molecule has 0 saturated carbocycles. The first-order chi connectivity index (χ1) is 11.0. The lowest BCUT2D eigenvalue weighted by Gasteiger charge is -2.23. The van der Waals surface area contributed by atoms with Crippen molar-refractivity contribution >= 4 is 15.9 Å². The fourth-order valence-electron chi connectivity index (χ4n) is 2.38. The van der Waals surface area contributed by atoms with Gasteiger partial charge in [0.2, 0.25) is 15.9 Å². The average molecular weight is 358 g/mol. The summed E-state index contributed by atoms with van der Waals surface area (Å²) in [5, 5.41) is 24.1. The highest BCUT2D eigenvalue weighted by Crippen LogP contribution is 2.20. The number of sulfonamides is 1. The lowest BCUT2D eigenvalue weighted by molar-refractivity contribution is -0.135. The first kappa shape index (κ1) is 20.6. The fourth-order valence-corrected chi connectivity index (χ4v) is 3.32. The van der Waals surface area contributed by atoms with Gasteiger partial charge in [0.05, 0.1) is 11.4 Å². The molecule has 0 aliphatic carbocycles. The molecule has 136 valence electrons. The third-order valence-electron chi connectivity index (χ3n) is 4.09. The number of rotatable bonds is 10. The van der Waals surface area contributed by atoms with Gasteiger partial charge in [0, 0.05) is 0 Å². The van der Waals surface area contributed by atoms with Gasteiger partial charge < -0.3 is 15.9 Å². The highest BCUT2D eigenvalue weighted by atomic mass is 32.2. The van der Waals surface area contributed by atoms with Crippen molar-refractivity contribution in [2.45, 2.75) is 56.0 Å². The van der Waals surface area contributed by atoms with E-state index >= 15 is 0 Å². The Kier molecular flexibility index (Phi) is 7.34. The van der Waals surface area contributed by atoms with Crippen molar-refractivity contribution in [3.8, 4) is 0 Å². The van der Waals surface area contributed by atoms with Crippen LogP contribution in [0, 0.1) is 0 Å². The number of nitrogens with two attached hydrogens (primary N) is 2. The molecule has 0 radical (unpaired) electrons. The van der Waals surface area contributed by atoms with E-state index in [9.17, 15) is 23.4 Å². The van der Waals surface area contributed by atoms with Crippen LogP contribution in [-0.4, -0.2) is 41.5 Å². The Bertz CT molecular complexity index is 631. The van der Waals surface area contributed by atoms with Crippen molar-refractivity contribution < 1.29 is 23.4 Å². The van der Waals surface area contributed by atoms with E-state index in [4.69, 9.17) is 10.9 Å². The van der Waals surface area contributed by atoms with E-state index in [1.807, 2.05) is 30.3 Å². The molecule has 0 heterocycles. The minimum atomic E-state index is -3.91. The smallest absolute Gasteiger partial charge is 0.249 e. The van der Waals surface area contributed by atoms with Crippen LogP contribution in [0.15, 0.2) is 30.3 Å². The van der Waals surface area contributed by atoms with Crippen LogP contribution in [0.5, 0.6) is 0 Å². The molecule has 8 heteroatoms. The topological polar surface area (TPSA) is 144 Å². The van der Waals surface area contributed by atoms with Crippen LogP contribution in [0.1, 0.15) is 38.2 Å². The number of benzene rings is 1. The predicted octanol–water partition coefficient (Wildman–Crippen LogP) is 0.0438. The molecular weight excluding hydrogens is 332 g/mol. The Morgan fingerprint density at radius 2 is 1.83 bits per heavy atom. The normalized spacial score (nSPS) is 17.0. The Balaban J connectivity index is 2.61. The third kappa shape index (κ3) is 6.96. The number of carbonyl (C=O) groups is 1. The van der Waals surface area contributed by atoms with E-state index in [0.29, 0.717) is 12.8 Å². The van der Waals surface area contributed by atoms with Gasteiger partial charge in [0.25, 0.3) is 0 Å². The molecule has 3 atom stereocenters. The van der Waals surface area contributed by atoms with Gasteiger partial charge in [-0.25, -0.2) is 13.6 Å². The van der Waals surface area contributed by atoms with Crippen molar-refractivity contribution in [2.75, 3.05) is 0 Å². The largest absolute Gasteiger partial charge is 0.393 e. The van der Waals surface area contributed by atoms with Gasteiger partial charge in [-0.15, -0.1) is 0 Å². The Morgan fingerprint density at radius 1 is 1.25 bits per heavy atom. The SMILES string of the molecule is CC(O)(CC[C@H](C[C@@H](O)CCc1ccccc1)S(N)(=O)=O)C(N)=O. The van der Waals surface area contributed by atoms with E-state index in [1.54, 1.807) is 0 Å². The average Bonchev–Trinajstić information content (AvgIpc) is 2.49. The van der Waals surface area contributed by atoms with Gasteiger partial charge >= 0.3 is 0 Å². The maximum atomic E-state index is 11.7. The summed E-state index contributed by atoms with van der Waals surface area (Å²) in [7, 11) is -3.91. The van der Waals surface area contributed by atoms with Crippen LogP contribution < -0.4 is 10.9 Å². The van der Waals surface area contributed by atoms with E-state index in [2.05, 4.69) is 0 Å². The molecule has 0 aliphatic heterocycles. The van der Waals surface area contributed by atoms with Crippen LogP contribution >= 0.6 is 0 Å². The quantitative estimate of drug-likeness (QED) is 0.467. The Morgan fingerprint density at radius 3 is 2.33 bits per heavy atom. The molecule has 24 heavy (non-hydrogen) atoms. The second-order valence-electron chi connectivity index (χ2n) is 6.30. The second kappa shape index (κ2) is 8.57. The van der Waals surface area contributed by atoms with Crippen molar-refractivity contribution in [1.29, 1.82) is 0 Å². The maximum absolute atomic E-state index is 11.7. The zero-order valence-corrected chi connectivity index (χ0v) is 14.6. The standard InChI is InChI=1S/C16H26N2O5S/c1-16(21,15(17)20)10-9-14(24(18,22)23)11-13(19)8-7-12-5-3-2-4-6-12/h2-6,13-14,19,21H,7-11H2,1H3,(H2,17,20)(H2,18,22,23)/t13-,14+,16?/m0/s1. The number of aliphatic hydroxyl groups is 2. The molecule has 0 aromatic heterocycles. The molecule has 6 N–H and O–H groups in total. The molecule has 0 bridgehead atoms. The van der Waals surface area contributed by atoms with E-state index in [0.717, 1.165) is 5.56 Å². The van der Waals surface area contributed by atoms with Gasteiger partial charge in [0.15, 0.2) is 0 Å². The summed E-state index contributed by atoms with van der Waals surface area (Å²) in [6.45, 7) is 1.22. The summed E-state index contributed by atoms with van der Waals surface area (Å²) >= 11 is 0. The lowest BCUT2D eigenvalue weighted by Crippen LogP contribution is -2.42. The summed E-state index contributed by atoms with van der Waals surface area (Å²) in [5.74, 6) is -0.930. The van der Waals surface area contributed by atoms with Crippen LogP contribution in [0.2, 0.25) is 0 Å². The fraction of sp³-hybridized carbons (Fsp3) is 0.562. The predicted molar refractivity (Wildman–Crippen MR) is 91.3 cm³/mol. The molecule has 0 aliphatic rings. The van der Waals surface area contributed by atoms with E-state index in [-0.39, 0.29) is 19.3 Å². The van der Waals surface area contributed by atoms with Crippen molar-refractivity contribution in [3.63, 3.8) is 0 Å².